The molecule has 0 spiro atoms. The summed E-state index contributed by atoms with van der Waals surface area (Å²) in [5.41, 5.74) is 3.35. The number of likely N-dealkylation sites (tertiary alicyclic amines) is 1. The van der Waals surface area contributed by atoms with E-state index in [9.17, 15) is 4.79 Å². The number of rotatable bonds is 7. The molecule has 1 saturated heterocycles. The number of ketones is 1. The molecule has 0 atom stereocenters. The third-order valence-electron chi connectivity index (χ3n) is 5.55. The average molecular weight is 440 g/mol. The first-order chi connectivity index (χ1) is 15.4. The van der Waals surface area contributed by atoms with Crippen molar-refractivity contribution in [1.29, 1.82) is 0 Å². The van der Waals surface area contributed by atoms with Gasteiger partial charge < -0.3 is 14.9 Å². The van der Waals surface area contributed by atoms with Crippen molar-refractivity contribution in [3.05, 3.63) is 65.2 Å². The van der Waals surface area contributed by atoms with Gasteiger partial charge in [-0.1, -0.05) is 30.7 Å². The second kappa shape index (κ2) is 11.4. The lowest BCUT2D eigenvalue weighted by atomic mass is 10.1. The number of Topliss-reactive ketones (excluding diaryl/α,β-unsaturated/α-hetero) is 1. The van der Waals surface area contributed by atoms with Gasteiger partial charge in [0.05, 0.1) is 0 Å². The number of aliphatic carboxylic acids is 2. The van der Waals surface area contributed by atoms with Crippen molar-refractivity contribution in [2.75, 3.05) is 13.1 Å². The van der Waals surface area contributed by atoms with Gasteiger partial charge in [0.2, 0.25) is 0 Å². The Hall–Kier alpha value is -3.19. The van der Waals surface area contributed by atoms with Crippen molar-refractivity contribution in [2.45, 2.75) is 45.3 Å². The van der Waals surface area contributed by atoms with Crippen LogP contribution in [0.3, 0.4) is 0 Å². The molecule has 0 bridgehead atoms. The number of carbonyl (C=O) groups excluding carboxylic acids is 1. The van der Waals surface area contributed by atoms with Crippen LogP contribution in [-0.4, -0.2) is 45.9 Å². The van der Waals surface area contributed by atoms with Crippen LogP contribution in [0, 0.1) is 5.92 Å². The molecule has 7 heteroatoms. The van der Waals surface area contributed by atoms with Crippen LogP contribution in [0.25, 0.3) is 0 Å². The number of piperidine rings is 1. The lowest BCUT2D eigenvalue weighted by Gasteiger charge is -2.26. The maximum absolute atomic E-state index is 12.0. The molecule has 170 valence electrons. The normalized spacial score (nSPS) is 15.9. The molecular formula is C25H29NO6. The Morgan fingerprint density at radius 3 is 1.91 bits per heavy atom. The first kappa shape index (κ1) is 23.5. The summed E-state index contributed by atoms with van der Waals surface area (Å²) in [6, 6.07) is 16.3. The highest BCUT2D eigenvalue weighted by Gasteiger charge is 2.30. The fraction of sp³-hybridized carbons (Fsp3) is 0.400. The second-order valence-corrected chi connectivity index (χ2v) is 8.22. The van der Waals surface area contributed by atoms with Gasteiger partial charge in [0.1, 0.15) is 12.4 Å². The number of hydrogen-bond acceptors (Lipinski definition) is 5. The minimum atomic E-state index is -1.82. The average Bonchev–Trinajstić information content (AvgIpc) is 3.65. The molecule has 1 aliphatic carbocycles. The molecule has 4 rings (SSSR count). The summed E-state index contributed by atoms with van der Waals surface area (Å²) in [5, 5.41) is 14.8. The van der Waals surface area contributed by atoms with Gasteiger partial charge in [0, 0.05) is 18.0 Å². The lowest BCUT2D eigenvalue weighted by molar-refractivity contribution is -0.159. The van der Waals surface area contributed by atoms with Crippen LogP contribution in [0.15, 0.2) is 48.5 Å². The first-order valence-electron chi connectivity index (χ1n) is 11.0. The maximum atomic E-state index is 12.0. The number of carboxylic acids is 2. The molecule has 0 amide bonds. The predicted octanol–water partition coefficient (Wildman–Crippen LogP) is 4.00. The van der Waals surface area contributed by atoms with E-state index in [1.807, 2.05) is 24.3 Å². The smallest absolute Gasteiger partial charge is 0.414 e. The van der Waals surface area contributed by atoms with E-state index in [1.54, 1.807) is 0 Å². The van der Waals surface area contributed by atoms with Gasteiger partial charge in [-0.2, -0.15) is 0 Å². The van der Waals surface area contributed by atoms with E-state index in [0.717, 1.165) is 30.7 Å². The van der Waals surface area contributed by atoms with E-state index >= 15 is 0 Å². The third kappa shape index (κ3) is 7.50. The summed E-state index contributed by atoms with van der Waals surface area (Å²) < 4.78 is 5.87. The monoisotopic (exact) mass is 439 g/mol. The van der Waals surface area contributed by atoms with Crippen LogP contribution >= 0.6 is 0 Å². The zero-order chi connectivity index (χ0) is 22.9. The van der Waals surface area contributed by atoms with Gasteiger partial charge >= 0.3 is 11.9 Å². The number of carbonyl (C=O) groups is 3. The summed E-state index contributed by atoms with van der Waals surface area (Å²) in [6.07, 6.45) is 6.13. The van der Waals surface area contributed by atoms with Gasteiger partial charge in [-0.25, -0.2) is 9.59 Å². The fourth-order valence-electron chi connectivity index (χ4n) is 3.58. The molecule has 1 aliphatic heterocycles. The maximum Gasteiger partial charge on any atom is 0.414 e. The minimum Gasteiger partial charge on any atom is -0.489 e. The Labute approximate surface area is 187 Å². The van der Waals surface area contributed by atoms with Gasteiger partial charge in [-0.05, 0) is 74.2 Å². The molecule has 0 radical (unpaired) electrons. The molecule has 0 unspecified atom stereocenters. The van der Waals surface area contributed by atoms with Crippen LogP contribution in [0.2, 0.25) is 0 Å². The molecule has 1 saturated carbocycles. The molecule has 7 nitrogen and oxygen atoms in total. The number of benzene rings is 2. The lowest BCUT2D eigenvalue weighted by Crippen LogP contribution is -2.29. The quantitative estimate of drug-likeness (QED) is 0.496. The summed E-state index contributed by atoms with van der Waals surface area (Å²) in [6.45, 7) is 4.06. The Morgan fingerprint density at radius 2 is 1.38 bits per heavy atom. The second-order valence-electron chi connectivity index (χ2n) is 8.22. The molecule has 32 heavy (non-hydrogen) atoms. The Bertz CT molecular complexity index is 900. The molecule has 2 N–H and O–H groups in total. The fourth-order valence-corrected chi connectivity index (χ4v) is 3.58. The highest BCUT2D eigenvalue weighted by Crippen LogP contribution is 2.32. The number of hydrogen-bond donors (Lipinski definition) is 2. The van der Waals surface area contributed by atoms with E-state index in [2.05, 4.69) is 29.2 Å². The van der Waals surface area contributed by atoms with Crippen molar-refractivity contribution >= 4 is 17.7 Å². The standard InChI is InChI=1S/C23H27NO2.C2H2O4/c25-23(20-8-9-20)21-10-12-22(13-11-21)26-17-19-6-4-18(5-7-19)16-24-14-2-1-3-15-24;3-1(4)2(5)6/h4-7,10-13,20H,1-3,8-9,14-17H2;(H,3,4)(H,5,6). The van der Waals surface area contributed by atoms with Crippen LogP contribution in [0.4, 0.5) is 0 Å². The van der Waals surface area contributed by atoms with Crippen LogP contribution in [-0.2, 0) is 22.7 Å². The van der Waals surface area contributed by atoms with E-state index in [4.69, 9.17) is 24.5 Å². The van der Waals surface area contributed by atoms with Crippen LogP contribution < -0.4 is 4.74 Å². The van der Waals surface area contributed by atoms with Gasteiger partial charge in [-0.15, -0.1) is 0 Å². The van der Waals surface area contributed by atoms with Gasteiger partial charge in [0.25, 0.3) is 0 Å². The van der Waals surface area contributed by atoms with Crippen molar-refractivity contribution < 1.29 is 29.3 Å². The number of carboxylic acid groups (broad SMARTS) is 2. The molecule has 2 aliphatic rings. The van der Waals surface area contributed by atoms with E-state index in [-0.39, 0.29) is 11.7 Å². The molecule has 0 aromatic heterocycles. The molecule has 2 aromatic carbocycles. The van der Waals surface area contributed by atoms with Crippen molar-refractivity contribution in [2.24, 2.45) is 5.92 Å². The Balaban J connectivity index is 0.000000427. The molecule has 1 heterocycles. The molecule has 2 fully saturated rings. The Morgan fingerprint density at radius 1 is 0.812 bits per heavy atom. The van der Waals surface area contributed by atoms with E-state index < -0.39 is 11.9 Å². The topological polar surface area (TPSA) is 104 Å². The predicted molar refractivity (Wildman–Crippen MR) is 119 cm³/mol. The van der Waals surface area contributed by atoms with E-state index in [0.29, 0.717) is 6.61 Å². The van der Waals surface area contributed by atoms with Crippen molar-refractivity contribution in [3.8, 4) is 5.75 Å². The van der Waals surface area contributed by atoms with Gasteiger partial charge in [-0.3, -0.25) is 9.69 Å². The Kier molecular flexibility index (Phi) is 8.39. The summed E-state index contributed by atoms with van der Waals surface area (Å²) >= 11 is 0. The zero-order valence-electron chi connectivity index (χ0n) is 18.0. The zero-order valence-corrected chi connectivity index (χ0v) is 18.0. The highest BCUT2D eigenvalue weighted by atomic mass is 16.5. The molecular weight excluding hydrogens is 410 g/mol. The SMILES string of the molecule is O=C(O)C(=O)O.O=C(c1ccc(OCc2ccc(CN3CCCCC3)cc2)cc1)C1CC1. The molecule has 2 aromatic rings. The largest absolute Gasteiger partial charge is 0.489 e. The first-order valence-corrected chi connectivity index (χ1v) is 11.0. The van der Waals surface area contributed by atoms with E-state index in [1.165, 1.54) is 43.5 Å². The minimum absolute atomic E-state index is 0.269. The van der Waals surface area contributed by atoms with Crippen LogP contribution in [0.1, 0.15) is 53.6 Å². The van der Waals surface area contributed by atoms with Crippen molar-refractivity contribution in [1.82, 2.24) is 4.90 Å². The third-order valence-corrected chi connectivity index (χ3v) is 5.55. The number of ether oxygens (including phenoxy) is 1. The van der Waals surface area contributed by atoms with Gasteiger partial charge in [0.15, 0.2) is 5.78 Å². The summed E-state index contributed by atoms with van der Waals surface area (Å²) in [5.74, 6) is -2.29. The number of nitrogens with zero attached hydrogens (tertiary/aromatic N) is 1. The van der Waals surface area contributed by atoms with Crippen molar-refractivity contribution in [3.63, 3.8) is 0 Å². The van der Waals surface area contributed by atoms with Crippen LogP contribution in [0.5, 0.6) is 5.75 Å². The summed E-state index contributed by atoms with van der Waals surface area (Å²) in [7, 11) is 0. The summed E-state index contributed by atoms with van der Waals surface area (Å²) in [4.78, 5) is 32.8. The highest BCUT2D eigenvalue weighted by molar-refractivity contribution is 6.27.